The van der Waals surface area contributed by atoms with Crippen LogP contribution in [0, 0.1) is 24.2 Å². The lowest BCUT2D eigenvalue weighted by molar-refractivity contribution is 0.544. The molecule has 0 fully saturated rings. The number of nitrogens with one attached hydrogen (secondary N) is 1. The number of nitriles is 1. The molecule has 0 aliphatic carbocycles. The first-order valence-electron chi connectivity index (χ1n) is 6.24. The summed E-state index contributed by atoms with van der Waals surface area (Å²) in [6, 6.07) is 5.74. The average Bonchev–Trinajstić information content (AvgIpc) is 2.27. The lowest BCUT2D eigenvalue weighted by Crippen LogP contribution is -2.04. The zero-order chi connectivity index (χ0) is 12.7. The Morgan fingerprint density at radius 1 is 1.35 bits per heavy atom. The number of pyridine rings is 1. The van der Waals surface area contributed by atoms with E-state index in [1.807, 2.05) is 6.92 Å². The van der Waals surface area contributed by atoms with Crippen LogP contribution in [0.1, 0.15) is 44.4 Å². The number of hydrogen-bond acceptors (Lipinski definition) is 3. The SMILES string of the molecule is Cc1cc(C#N)cc(NCCCCC(C)C)n1. The Hall–Kier alpha value is -1.56. The number of nitrogens with zero attached hydrogens (tertiary/aromatic N) is 2. The molecule has 1 heterocycles. The van der Waals surface area contributed by atoms with Gasteiger partial charge in [-0.15, -0.1) is 0 Å². The van der Waals surface area contributed by atoms with Crippen LogP contribution in [0.3, 0.4) is 0 Å². The zero-order valence-electron chi connectivity index (χ0n) is 11.0. The fraction of sp³-hybridized carbons (Fsp3) is 0.571. The summed E-state index contributed by atoms with van der Waals surface area (Å²) < 4.78 is 0. The molecule has 0 atom stereocenters. The maximum atomic E-state index is 8.85. The number of anilines is 1. The highest BCUT2D eigenvalue weighted by atomic mass is 15.0. The average molecular weight is 231 g/mol. The third-order valence-electron chi connectivity index (χ3n) is 2.60. The summed E-state index contributed by atoms with van der Waals surface area (Å²) in [4.78, 5) is 4.35. The fourth-order valence-electron chi connectivity index (χ4n) is 1.72. The number of unbranched alkanes of at least 4 members (excludes halogenated alkanes) is 1. The van der Waals surface area contributed by atoms with Gasteiger partial charge in [0.1, 0.15) is 5.82 Å². The number of hydrogen-bond donors (Lipinski definition) is 1. The Labute approximate surface area is 104 Å². The van der Waals surface area contributed by atoms with Gasteiger partial charge in [0.15, 0.2) is 0 Å². The molecular formula is C14H21N3. The van der Waals surface area contributed by atoms with Gasteiger partial charge in [-0.05, 0) is 31.4 Å². The number of aromatic nitrogens is 1. The van der Waals surface area contributed by atoms with Crippen molar-refractivity contribution < 1.29 is 0 Å². The first-order chi connectivity index (χ1) is 8.11. The van der Waals surface area contributed by atoms with Crippen LogP contribution in [-0.4, -0.2) is 11.5 Å². The van der Waals surface area contributed by atoms with Crippen LogP contribution in [0.2, 0.25) is 0 Å². The zero-order valence-corrected chi connectivity index (χ0v) is 11.0. The van der Waals surface area contributed by atoms with Crippen LogP contribution in [0.4, 0.5) is 5.82 Å². The molecule has 0 aliphatic rings. The smallest absolute Gasteiger partial charge is 0.127 e. The Morgan fingerprint density at radius 2 is 2.12 bits per heavy atom. The molecule has 0 radical (unpaired) electrons. The maximum Gasteiger partial charge on any atom is 0.127 e. The highest BCUT2D eigenvalue weighted by molar-refractivity contribution is 5.44. The molecule has 3 heteroatoms. The van der Waals surface area contributed by atoms with Crippen molar-refractivity contribution in [2.24, 2.45) is 5.92 Å². The summed E-state index contributed by atoms with van der Waals surface area (Å²) in [5.41, 5.74) is 1.55. The van der Waals surface area contributed by atoms with E-state index in [-0.39, 0.29) is 0 Å². The van der Waals surface area contributed by atoms with Crippen molar-refractivity contribution >= 4 is 5.82 Å². The van der Waals surface area contributed by atoms with E-state index in [1.165, 1.54) is 12.8 Å². The van der Waals surface area contributed by atoms with Gasteiger partial charge in [0, 0.05) is 12.2 Å². The van der Waals surface area contributed by atoms with Gasteiger partial charge in [-0.1, -0.05) is 26.7 Å². The number of aryl methyl sites for hydroxylation is 1. The molecule has 17 heavy (non-hydrogen) atoms. The molecule has 0 spiro atoms. The lowest BCUT2D eigenvalue weighted by atomic mass is 10.1. The first-order valence-corrected chi connectivity index (χ1v) is 6.24. The van der Waals surface area contributed by atoms with E-state index in [0.29, 0.717) is 5.56 Å². The summed E-state index contributed by atoms with van der Waals surface area (Å²) in [6.45, 7) is 7.32. The summed E-state index contributed by atoms with van der Waals surface area (Å²) >= 11 is 0. The van der Waals surface area contributed by atoms with Crippen LogP contribution in [0.5, 0.6) is 0 Å². The van der Waals surface area contributed by atoms with Gasteiger partial charge >= 0.3 is 0 Å². The van der Waals surface area contributed by atoms with E-state index in [4.69, 9.17) is 5.26 Å². The Kier molecular flexibility index (Phi) is 5.48. The van der Waals surface area contributed by atoms with Crippen LogP contribution in [0.15, 0.2) is 12.1 Å². The normalized spacial score (nSPS) is 10.3. The highest BCUT2D eigenvalue weighted by Crippen LogP contribution is 2.10. The van der Waals surface area contributed by atoms with Gasteiger partial charge in [0.05, 0.1) is 11.6 Å². The molecular weight excluding hydrogens is 210 g/mol. The molecule has 0 aliphatic heterocycles. The molecule has 0 saturated heterocycles. The predicted molar refractivity (Wildman–Crippen MR) is 70.9 cm³/mol. The Balaban J connectivity index is 2.37. The van der Waals surface area contributed by atoms with Gasteiger partial charge in [-0.2, -0.15) is 5.26 Å². The maximum absolute atomic E-state index is 8.85. The van der Waals surface area contributed by atoms with Crippen molar-refractivity contribution in [3.8, 4) is 6.07 Å². The minimum atomic E-state index is 0.669. The van der Waals surface area contributed by atoms with Gasteiger partial charge in [0.25, 0.3) is 0 Å². The largest absolute Gasteiger partial charge is 0.370 e. The predicted octanol–water partition coefficient (Wildman–Crippen LogP) is 3.50. The molecule has 0 amide bonds. The molecule has 1 N–H and O–H groups in total. The molecule has 0 bridgehead atoms. The second-order valence-electron chi connectivity index (χ2n) is 4.81. The van der Waals surface area contributed by atoms with Crippen molar-refractivity contribution in [2.75, 3.05) is 11.9 Å². The minimum absolute atomic E-state index is 0.669. The van der Waals surface area contributed by atoms with Gasteiger partial charge in [-0.25, -0.2) is 4.98 Å². The minimum Gasteiger partial charge on any atom is -0.370 e. The summed E-state index contributed by atoms with van der Waals surface area (Å²) in [7, 11) is 0. The molecule has 1 aromatic heterocycles. The van der Waals surface area contributed by atoms with Crippen molar-refractivity contribution in [1.82, 2.24) is 4.98 Å². The molecule has 0 aromatic carbocycles. The van der Waals surface area contributed by atoms with Gasteiger partial charge in [0.2, 0.25) is 0 Å². The van der Waals surface area contributed by atoms with Gasteiger partial charge in [-0.3, -0.25) is 0 Å². The topological polar surface area (TPSA) is 48.7 Å². The van der Waals surface area contributed by atoms with Crippen molar-refractivity contribution in [3.05, 3.63) is 23.4 Å². The Bertz CT molecular complexity index is 391. The third-order valence-corrected chi connectivity index (χ3v) is 2.60. The van der Waals surface area contributed by atoms with E-state index in [1.54, 1.807) is 12.1 Å². The van der Waals surface area contributed by atoms with Gasteiger partial charge < -0.3 is 5.32 Å². The molecule has 92 valence electrons. The summed E-state index contributed by atoms with van der Waals surface area (Å²) in [5, 5.41) is 12.1. The van der Waals surface area contributed by atoms with E-state index in [0.717, 1.165) is 30.4 Å². The monoisotopic (exact) mass is 231 g/mol. The van der Waals surface area contributed by atoms with Crippen LogP contribution in [-0.2, 0) is 0 Å². The molecule has 1 rings (SSSR count). The van der Waals surface area contributed by atoms with Crippen LogP contribution < -0.4 is 5.32 Å². The van der Waals surface area contributed by atoms with E-state index in [9.17, 15) is 0 Å². The van der Waals surface area contributed by atoms with Crippen molar-refractivity contribution in [2.45, 2.75) is 40.0 Å². The summed E-state index contributed by atoms with van der Waals surface area (Å²) in [6.07, 6.45) is 3.66. The van der Waals surface area contributed by atoms with Crippen LogP contribution >= 0.6 is 0 Å². The molecule has 3 nitrogen and oxygen atoms in total. The molecule has 0 saturated carbocycles. The fourth-order valence-corrected chi connectivity index (χ4v) is 1.72. The van der Waals surface area contributed by atoms with E-state index in [2.05, 4.69) is 30.2 Å². The van der Waals surface area contributed by atoms with Crippen molar-refractivity contribution in [1.29, 1.82) is 5.26 Å². The second-order valence-corrected chi connectivity index (χ2v) is 4.81. The molecule has 1 aromatic rings. The number of rotatable bonds is 6. The standard InChI is InChI=1S/C14H21N3/c1-11(2)6-4-5-7-16-14-9-13(10-15)8-12(3)17-14/h8-9,11H,4-7H2,1-3H3,(H,16,17). The van der Waals surface area contributed by atoms with Crippen molar-refractivity contribution in [3.63, 3.8) is 0 Å². The third kappa shape index (κ3) is 5.35. The van der Waals surface area contributed by atoms with Crippen LogP contribution in [0.25, 0.3) is 0 Å². The Morgan fingerprint density at radius 3 is 2.76 bits per heavy atom. The quantitative estimate of drug-likeness (QED) is 0.762. The lowest BCUT2D eigenvalue weighted by Gasteiger charge is -2.07. The van der Waals surface area contributed by atoms with E-state index < -0.39 is 0 Å². The molecule has 0 unspecified atom stereocenters. The highest BCUT2D eigenvalue weighted by Gasteiger charge is 1.99. The summed E-state index contributed by atoms with van der Waals surface area (Å²) in [5.74, 6) is 1.59. The first kappa shape index (κ1) is 13.5. The van der Waals surface area contributed by atoms with E-state index >= 15 is 0 Å². The second kappa shape index (κ2) is 6.90.